The number of fused-ring (bicyclic) bond motifs is 2. The van der Waals surface area contributed by atoms with Gasteiger partial charge in [-0.25, -0.2) is 0 Å². The molecule has 0 bridgehead atoms. The Balaban J connectivity index is 1.49. The van der Waals surface area contributed by atoms with E-state index < -0.39 is 0 Å². The Hall–Kier alpha value is -5.36. The van der Waals surface area contributed by atoms with Crippen molar-refractivity contribution in [2.45, 2.75) is 130 Å². The summed E-state index contributed by atoms with van der Waals surface area (Å²) in [6, 6.07) is 32.1. The van der Waals surface area contributed by atoms with E-state index in [1.165, 1.54) is 25.7 Å². The third kappa shape index (κ3) is 12.0. The van der Waals surface area contributed by atoms with Gasteiger partial charge in [0.25, 0.3) is 0 Å². The fourth-order valence-electron chi connectivity index (χ4n) is 8.32. The standard InChI is InChI=1S/C56H70O6/c1-5-9-13-21-33-59-43-29-31-47(51(39-43)61-35-23-15-11-7-3)49-37-41-25-17-19-27-45(41)53(55(49)57)54-46-28-20-18-26-42(46)38-50(56(54)58)48-32-30-44(60-34-22-14-10-6-2)40-52(48)62-36-24-16-12-8-4/h17-20,25-32,37-40,57-58H,5-16,21-24,33-36H2,1-4H3. The Labute approximate surface area is 371 Å². The molecule has 0 aromatic heterocycles. The quantitative estimate of drug-likeness (QED) is 0.0503. The summed E-state index contributed by atoms with van der Waals surface area (Å²) in [5.74, 6) is 2.98. The normalized spacial score (nSPS) is 11.4. The van der Waals surface area contributed by atoms with E-state index in [-0.39, 0.29) is 11.5 Å². The number of ether oxygens (including phenoxy) is 4. The lowest BCUT2D eigenvalue weighted by Crippen LogP contribution is -2.02. The summed E-state index contributed by atoms with van der Waals surface area (Å²) in [7, 11) is 0. The first-order valence-electron chi connectivity index (χ1n) is 23.8. The molecular formula is C56H70O6. The van der Waals surface area contributed by atoms with E-state index in [1.807, 2.05) is 84.9 Å². The van der Waals surface area contributed by atoms with Crippen LogP contribution in [0.4, 0.5) is 0 Å². The second-order valence-electron chi connectivity index (χ2n) is 16.7. The van der Waals surface area contributed by atoms with Crippen molar-refractivity contribution >= 4 is 21.5 Å². The largest absolute Gasteiger partial charge is 0.507 e. The van der Waals surface area contributed by atoms with Crippen LogP contribution in [0.5, 0.6) is 34.5 Å². The molecule has 0 aliphatic heterocycles. The molecule has 6 aromatic rings. The molecule has 6 nitrogen and oxygen atoms in total. The Bertz CT molecular complexity index is 2150. The molecular weight excluding hydrogens is 769 g/mol. The van der Waals surface area contributed by atoms with Gasteiger partial charge < -0.3 is 29.2 Å². The van der Waals surface area contributed by atoms with Crippen molar-refractivity contribution in [3.8, 4) is 67.9 Å². The van der Waals surface area contributed by atoms with Crippen molar-refractivity contribution in [1.82, 2.24) is 0 Å². The summed E-state index contributed by atoms with van der Waals surface area (Å²) in [6.07, 6.45) is 17.7. The number of rotatable bonds is 27. The maximum absolute atomic E-state index is 12.8. The van der Waals surface area contributed by atoms with E-state index in [0.29, 0.717) is 60.2 Å². The first-order valence-corrected chi connectivity index (χ1v) is 23.8. The number of benzene rings is 6. The van der Waals surface area contributed by atoms with Crippen molar-refractivity contribution in [2.75, 3.05) is 26.4 Å². The molecule has 0 amide bonds. The summed E-state index contributed by atoms with van der Waals surface area (Å²) in [4.78, 5) is 0. The van der Waals surface area contributed by atoms with Crippen LogP contribution in [-0.2, 0) is 0 Å². The van der Waals surface area contributed by atoms with Gasteiger partial charge >= 0.3 is 0 Å². The van der Waals surface area contributed by atoms with Crippen molar-refractivity contribution in [3.63, 3.8) is 0 Å². The van der Waals surface area contributed by atoms with E-state index >= 15 is 0 Å². The molecule has 62 heavy (non-hydrogen) atoms. The third-order valence-corrected chi connectivity index (χ3v) is 11.8. The molecule has 0 radical (unpaired) electrons. The van der Waals surface area contributed by atoms with Crippen LogP contribution in [0, 0.1) is 0 Å². The highest BCUT2D eigenvalue weighted by atomic mass is 16.5. The van der Waals surface area contributed by atoms with Crippen molar-refractivity contribution in [3.05, 3.63) is 97.1 Å². The van der Waals surface area contributed by atoms with Crippen molar-refractivity contribution in [2.24, 2.45) is 0 Å². The van der Waals surface area contributed by atoms with Crippen LogP contribution in [-0.4, -0.2) is 36.6 Å². The van der Waals surface area contributed by atoms with E-state index in [9.17, 15) is 10.2 Å². The molecule has 0 heterocycles. The minimum atomic E-state index is 0.0737. The average Bonchev–Trinajstić information content (AvgIpc) is 3.29. The number of hydrogen-bond acceptors (Lipinski definition) is 6. The summed E-state index contributed by atoms with van der Waals surface area (Å²) < 4.78 is 25.6. The first kappa shape index (κ1) is 46.2. The maximum atomic E-state index is 12.8. The number of hydrogen-bond donors (Lipinski definition) is 2. The monoisotopic (exact) mass is 839 g/mol. The zero-order valence-electron chi connectivity index (χ0n) is 37.9. The summed E-state index contributed by atoms with van der Waals surface area (Å²) in [6.45, 7) is 11.3. The topological polar surface area (TPSA) is 77.4 Å². The van der Waals surface area contributed by atoms with Gasteiger partial charge in [0.05, 0.1) is 26.4 Å². The van der Waals surface area contributed by atoms with Crippen LogP contribution in [0.1, 0.15) is 130 Å². The second kappa shape index (κ2) is 24.3. The number of phenolic OH excluding ortho intramolecular Hbond substituents is 2. The molecule has 0 saturated heterocycles. The number of aromatic hydroxyl groups is 2. The molecule has 0 spiro atoms. The maximum Gasteiger partial charge on any atom is 0.132 e. The minimum Gasteiger partial charge on any atom is -0.507 e. The molecule has 0 saturated carbocycles. The summed E-state index contributed by atoms with van der Waals surface area (Å²) in [5, 5.41) is 29.1. The van der Waals surface area contributed by atoms with Crippen LogP contribution in [0.15, 0.2) is 97.1 Å². The van der Waals surface area contributed by atoms with Gasteiger partial charge in [0.1, 0.15) is 34.5 Å². The van der Waals surface area contributed by atoms with Gasteiger partial charge in [-0.2, -0.15) is 0 Å². The van der Waals surface area contributed by atoms with Crippen LogP contribution < -0.4 is 18.9 Å². The zero-order valence-corrected chi connectivity index (χ0v) is 37.9. The van der Waals surface area contributed by atoms with Gasteiger partial charge in [-0.3, -0.25) is 0 Å². The Morgan fingerprint density at radius 1 is 0.355 bits per heavy atom. The van der Waals surface area contributed by atoms with Gasteiger partial charge in [0.15, 0.2) is 0 Å². The SMILES string of the molecule is CCCCCCOc1ccc(-c2cc3ccccc3c(-c3c(O)c(-c4ccc(OCCCCCC)cc4OCCCCCC)cc4ccccc34)c2O)c(OCCCCCC)c1. The lowest BCUT2D eigenvalue weighted by Gasteiger charge is -2.21. The Kier molecular flexibility index (Phi) is 18.1. The van der Waals surface area contributed by atoms with Crippen LogP contribution in [0.3, 0.4) is 0 Å². The number of unbranched alkanes of at least 4 members (excludes halogenated alkanes) is 12. The molecule has 0 fully saturated rings. The predicted molar refractivity (Wildman–Crippen MR) is 260 cm³/mol. The summed E-state index contributed by atoms with van der Waals surface area (Å²) in [5.41, 5.74) is 3.92. The molecule has 6 aromatic carbocycles. The molecule has 0 unspecified atom stereocenters. The Morgan fingerprint density at radius 2 is 0.710 bits per heavy atom. The minimum absolute atomic E-state index is 0.0737. The fourth-order valence-corrected chi connectivity index (χ4v) is 8.32. The van der Waals surface area contributed by atoms with Gasteiger partial charge in [-0.1, -0.05) is 153 Å². The van der Waals surface area contributed by atoms with Crippen molar-refractivity contribution < 1.29 is 29.2 Å². The van der Waals surface area contributed by atoms with E-state index in [2.05, 4.69) is 39.8 Å². The van der Waals surface area contributed by atoms with Crippen LogP contribution in [0.2, 0.25) is 0 Å². The first-order chi connectivity index (χ1) is 30.5. The predicted octanol–water partition coefficient (Wildman–Crippen LogP) is 16.2. The highest BCUT2D eigenvalue weighted by Gasteiger charge is 2.25. The molecule has 330 valence electrons. The van der Waals surface area contributed by atoms with E-state index in [0.717, 1.165) is 121 Å². The number of phenols is 2. The highest BCUT2D eigenvalue weighted by molar-refractivity contribution is 6.14. The van der Waals surface area contributed by atoms with Gasteiger partial charge in [-0.15, -0.1) is 0 Å². The third-order valence-electron chi connectivity index (χ3n) is 11.8. The van der Waals surface area contributed by atoms with Gasteiger partial charge in [0, 0.05) is 45.5 Å². The van der Waals surface area contributed by atoms with E-state index in [4.69, 9.17) is 18.9 Å². The van der Waals surface area contributed by atoms with E-state index in [1.54, 1.807) is 0 Å². The summed E-state index contributed by atoms with van der Waals surface area (Å²) >= 11 is 0. The fraction of sp³-hybridized carbons (Fsp3) is 0.429. The van der Waals surface area contributed by atoms with Gasteiger partial charge in [-0.05, 0) is 83.6 Å². The molecule has 2 N–H and O–H groups in total. The van der Waals surface area contributed by atoms with Crippen LogP contribution >= 0.6 is 0 Å². The van der Waals surface area contributed by atoms with Gasteiger partial charge in [0.2, 0.25) is 0 Å². The van der Waals surface area contributed by atoms with Crippen LogP contribution in [0.25, 0.3) is 54.9 Å². The highest BCUT2D eigenvalue weighted by Crippen LogP contribution is 2.53. The Morgan fingerprint density at radius 3 is 1.08 bits per heavy atom. The molecule has 6 rings (SSSR count). The lowest BCUT2D eigenvalue weighted by atomic mass is 9.86. The van der Waals surface area contributed by atoms with Crippen molar-refractivity contribution in [1.29, 1.82) is 0 Å². The smallest absolute Gasteiger partial charge is 0.132 e. The molecule has 6 heteroatoms. The molecule has 0 aliphatic carbocycles. The molecule has 0 atom stereocenters. The zero-order chi connectivity index (χ0) is 43.5. The average molecular weight is 839 g/mol. The second-order valence-corrected chi connectivity index (χ2v) is 16.7. The molecule has 0 aliphatic rings. The lowest BCUT2D eigenvalue weighted by molar-refractivity contribution is 0.290.